The fraction of sp³-hybridized carbons (Fsp3) is 0.325. The summed E-state index contributed by atoms with van der Waals surface area (Å²) >= 11 is 0. The molecular formula is C40H52O2. The highest BCUT2D eigenvalue weighted by Gasteiger charge is 2.36. The minimum atomic E-state index is -0.895. The highest BCUT2D eigenvalue weighted by Crippen LogP contribution is 2.39. The van der Waals surface area contributed by atoms with Gasteiger partial charge < -0.3 is 5.11 Å². The highest BCUT2D eigenvalue weighted by molar-refractivity contribution is 6.00. The van der Waals surface area contributed by atoms with Gasteiger partial charge in [-0.2, -0.15) is 0 Å². The third-order valence-corrected chi connectivity index (χ3v) is 6.79. The van der Waals surface area contributed by atoms with Crippen molar-refractivity contribution in [1.82, 2.24) is 0 Å². The first kappa shape index (κ1) is 36.3. The number of rotatable bonds is 12. The van der Waals surface area contributed by atoms with Crippen LogP contribution in [0.3, 0.4) is 0 Å². The van der Waals surface area contributed by atoms with Crippen molar-refractivity contribution in [2.75, 3.05) is 0 Å². The number of hydrogen-bond acceptors (Lipinski definition) is 2. The molecule has 0 saturated heterocycles. The Hall–Kier alpha value is -3.75. The quantitative estimate of drug-likeness (QED) is 0.239. The molecule has 0 amide bonds. The van der Waals surface area contributed by atoms with E-state index in [4.69, 9.17) is 0 Å². The van der Waals surface area contributed by atoms with E-state index in [9.17, 15) is 9.90 Å². The molecule has 0 spiro atoms. The van der Waals surface area contributed by atoms with Gasteiger partial charge in [-0.3, -0.25) is 4.79 Å². The molecule has 1 rings (SSSR count). The Labute approximate surface area is 256 Å². The Morgan fingerprint density at radius 1 is 0.619 bits per heavy atom. The van der Waals surface area contributed by atoms with Crippen LogP contribution in [-0.2, 0) is 4.79 Å². The topological polar surface area (TPSA) is 37.3 Å². The largest absolute Gasteiger partial charge is 0.385 e. The monoisotopic (exact) mass is 564 g/mol. The van der Waals surface area contributed by atoms with Gasteiger partial charge in [0.1, 0.15) is 6.10 Å². The summed E-state index contributed by atoms with van der Waals surface area (Å²) in [6.45, 7) is 20.5. The first-order valence-electron chi connectivity index (χ1n) is 14.7. The van der Waals surface area contributed by atoms with Crippen molar-refractivity contribution >= 4 is 5.78 Å². The maximum atomic E-state index is 12.2. The molecule has 0 fully saturated rings. The maximum Gasteiger partial charge on any atom is 0.187 e. The van der Waals surface area contributed by atoms with E-state index < -0.39 is 6.10 Å². The van der Waals surface area contributed by atoms with E-state index in [-0.39, 0.29) is 11.2 Å². The SMILES string of the molecule is CC(C)=CC=C/C(C)=C/C=C/C(C)=C/C=C/C(C)=C/C=C/C=C(C)/C=C/C=C(C)/C=C/C1=C(C)C(=O)C(O)CC1(C)C. The van der Waals surface area contributed by atoms with Gasteiger partial charge in [-0.25, -0.2) is 0 Å². The van der Waals surface area contributed by atoms with Gasteiger partial charge in [0.05, 0.1) is 0 Å². The van der Waals surface area contributed by atoms with Gasteiger partial charge in [0.15, 0.2) is 5.78 Å². The lowest BCUT2D eigenvalue weighted by atomic mass is 9.71. The molecule has 224 valence electrons. The second-order valence-corrected chi connectivity index (χ2v) is 12.0. The van der Waals surface area contributed by atoms with Crippen molar-refractivity contribution in [3.05, 3.63) is 154 Å². The Kier molecular flexibility index (Phi) is 16.1. The second-order valence-electron chi connectivity index (χ2n) is 12.0. The summed E-state index contributed by atoms with van der Waals surface area (Å²) in [5, 5.41) is 10.0. The minimum Gasteiger partial charge on any atom is -0.385 e. The van der Waals surface area contributed by atoms with Crippen LogP contribution in [0.25, 0.3) is 0 Å². The van der Waals surface area contributed by atoms with Crippen molar-refractivity contribution in [3.63, 3.8) is 0 Å². The van der Waals surface area contributed by atoms with E-state index in [1.807, 2.05) is 44.2 Å². The van der Waals surface area contributed by atoms with Crippen LogP contribution in [0.15, 0.2) is 154 Å². The molecule has 0 aromatic rings. The molecule has 0 saturated carbocycles. The Morgan fingerprint density at radius 2 is 0.976 bits per heavy atom. The van der Waals surface area contributed by atoms with Gasteiger partial charge in [0.25, 0.3) is 0 Å². The summed E-state index contributed by atoms with van der Waals surface area (Å²) < 4.78 is 0. The number of Topliss-reactive ketones (excluding diaryl/α,β-unsaturated/α-hetero) is 1. The normalized spacial score (nSPS) is 20.2. The van der Waals surface area contributed by atoms with Gasteiger partial charge in [-0.1, -0.05) is 157 Å². The molecule has 42 heavy (non-hydrogen) atoms. The van der Waals surface area contributed by atoms with E-state index in [2.05, 4.69) is 134 Å². The molecule has 1 atom stereocenters. The van der Waals surface area contributed by atoms with Crippen LogP contribution in [0, 0.1) is 5.41 Å². The van der Waals surface area contributed by atoms with E-state index in [0.717, 1.165) is 16.7 Å². The molecule has 0 aromatic heterocycles. The predicted octanol–water partition coefficient (Wildman–Crippen LogP) is 10.7. The Balaban J connectivity index is 2.67. The first-order valence-corrected chi connectivity index (χ1v) is 14.7. The number of hydrogen-bond donors (Lipinski definition) is 1. The third kappa shape index (κ3) is 14.8. The first-order chi connectivity index (χ1) is 19.7. The summed E-state index contributed by atoms with van der Waals surface area (Å²) in [4.78, 5) is 12.2. The Morgan fingerprint density at radius 3 is 1.38 bits per heavy atom. The lowest BCUT2D eigenvalue weighted by Crippen LogP contribution is -2.35. The lowest BCUT2D eigenvalue weighted by Gasteiger charge is -2.34. The van der Waals surface area contributed by atoms with Gasteiger partial charge in [-0.15, -0.1) is 0 Å². The molecule has 2 nitrogen and oxygen atoms in total. The smallest absolute Gasteiger partial charge is 0.187 e. The lowest BCUT2D eigenvalue weighted by molar-refractivity contribution is -0.125. The Bertz CT molecular complexity index is 1340. The number of aliphatic hydroxyl groups is 1. The number of aliphatic hydroxyl groups excluding tert-OH is 1. The molecular weight excluding hydrogens is 512 g/mol. The summed E-state index contributed by atoms with van der Waals surface area (Å²) in [7, 11) is 0. The molecule has 0 heterocycles. The molecule has 0 aromatic carbocycles. The fourth-order valence-corrected chi connectivity index (χ4v) is 4.28. The molecule has 1 N–H and O–H groups in total. The molecule has 1 aliphatic rings. The van der Waals surface area contributed by atoms with Gasteiger partial charge in [0, 0.05) is 0 Å². The zero-order chi connectivity index (χ0) is 31.7. The fourth-order valence-electron chi connectivity index (χ4n) is 4.28. The summed E-state index contributed by atoms with van der Waals surface area (Å²) in [6, 6.07) is 0. The van der Waals surface area contributed by atoms with Gasteiger partial charge in [0.2, 0.25) is 0 Å². The summed E-state index contributed by atoms with van der Waals surface area (Å²) in [5.74, 6) is -0.163. The highest BCUT2D eigenvalue weighted by atomic mass is 16.3. The third-order valence-electron chi connectivity index (χ3n) is 6.79. The molecule has 0 bridgehead atoms. The summed E-state index contributed by atoms with van der Waals surface area (Å²) in [6.07, 6.45) is 36.9. The van der Waals surface area contributed by atoms with Crippen LogP contribution in [0.1, 0.15) is 75.7 Å². The van der Waals surface area contributed by atoms with E-state index in [1.54, 1.807) is 0 Å². The number of carbonyl (C=O) groups is 1. The predicted molar refractivity (Wildman–Crippen MR) is 185 cm³/mol. The molecule has 1 unspecified atom stereocenters. The summed E-state index contributed by atoms with van der Waals surface area (Å²) in [5.41, 5.74) is 8.54. The van der Waals surface area contributed by atoms with Crippen LogP contribution in [0.2, 0.25) is 0 Å². The molecule has 2 heteroatoms. The second kappa shape index (κ2) is 18.6. The number of allylic oxidation sites excluding steroid dienone is 25. The molecule has 0 radical (unpaired) electrons. The van der Waals surface area contributed by atoms with Crippen LogP contribution in [-0.4, -0.2) is 17.0 Å². The van der Waals surface area contributed by atoms with Crippen LogP contribution in [0.4, 0.5) is 0 Å². The maximum absolute atomic E-state index is 12.2. The number of carbonyl (C=O) groups excluding carboxylic acids is 1. The van der Waals surface area contributed by atoms with Crippen molar-refractivity contribution in [2.24, 2.45) is 5.41 Å². The average molecular weight is 565 g/mol. The van der Waals surface area contributed by atoms with E-state index in [0.29, 0.717) is 12.0 Å². The van der Waals surface area contributed by atoms with Gasteiger partial charge >= 0.3 is 0 Å². The van der Waals surface area contributed by atoms with Crippen molar-refractivity contribution in [3.8, 4) is 0 Å². The minimum absolute atomic E-state index is 0.163. The zero-order valence-corrected chi connectivity index (χ0v) is 27.5. The van der Waals surface area contributed by atoms with Crippen LogP contribution in [0.5, 0.6) is 0 Å². The van der Waals surface area contributed by atoms with E-state index in [1.165, 1.54) is 22.3 Å². The standard InChI is InChI=1S/C40H52O2/c1-30(2)17-13-20-33(5)23-15-25-34(6)24-14-21-31(3)18-11-12-19-32(4)22-16-26-35(7)27-28-37-36(8)39(42)38(41)29-40(37,9)10/h11-28,38,41H,29H2,1-10H3/b12-11+,20-13?,21-14+,22-16+,25-15+,28-27+,31-18+,32-19+,33-23+,34-24+,35-26+. The average Bonchev–Trinajstić information content (AvgIpc) is 2.89. The van der Waals surface area contributed by atoms with Crippen molar-refractivity contribution < 1.29 is 9.90 Å². The van der Waals surface area contributed by atoms with Gasteiger partial charge in [-0.05, 0) is 78.4 Å². The molecule has 1 aliphatic carbocycles. The van der Waals surface area contributed by atoms with Crippen LogP contribution >= 0.6 is 0 Å². The zero-order valence-electron chi connectivity index (χ0n) is 27.5. The van der Waals surface area contributed by atoms with Crippen molar-refractivity contribution in [1.29, 1.82) is 0 Å². The van der Waals surface area contributed by atoms with Crippen LogP contribution < -0.4 is 0 Å². The van der Waals surface area contributed by atoms with Crippen molar-refractivity contribution in [2.45, 2.75) is 81.8 Å². The van der Waals surface area contributed by atoms with E-state index >= 15 is 0 Å². The molecule has 0 aliphatic heterocycles. The number of ketones is 1.